The number of amides is 1. The van der Waals surface area contributed by atoms with Crippen molar-refractivity contribution in [3.05, 3.63) is 21.3 Å². The molecule has 0 aliphatic carbocycles. The van der Waals surface area contributed by atoms with Gasteiger partial charge in [0.2, 0.25) is 5.91 Å². The first-order valence-corrected chi connectivity index (χ1v) is 8.54. The SMILES string of the molecule is CC(C(=O)N1CCC2(CCNC2)CC1)c1ccc(Cl)s1.Cl. The van der Waals surface area contributed by atoms with Crippen molar-refractivity contribution in [2.75, 3.05) is 26.2 Å². The van der Waals surface area contributed by atoms with Gasteiger partial charge in [0, 0.05) is 24.5 Å². The van der Waals surface area contributed by atoms with Gasteiger partial charge in [-0.25, -0.2) is 0 Å². The molecule has 3 rings (SSSR count). The summed E-state index contributed by atoms with van der Waals surface area (Å²) in [6, 6.07) is 3.85. The molecule has 0 aromatic carbocycles. The van der Waals surface area contributed by atoms with Gasteiger partial charge in [0.05, 0.1) is 10.3 Å². The van der Waals surface area contributed by atoms with Gasteiger partial charge in [-0.2, -0.15) is 0 Å². The summed E-state index contributed by atoms with van der Waals surface area (Å²) in [5.41, 5.74) is 0.465. The van der Waals surface area contributed by atoms with Crippen LogP contribution in [0.1, 0.15) is 37.0 Å². The van der Waals surface area contributed by atoms with Gasteiger partial charge >= 0.3 is 0 Å². The molecule has 2 saturated heterocycles. The predicted octanol–water partition coefficient (Wildman–Crippen LogP) is 3.53. The van der Waals surface area contributed by atoms with Gasteiger partial charge in [-0.15, -0.1) is 23.7 Å². The van der Waals surface area contributed by atoms with Gasteiger partial charge in [-0.05, 0) is 50.3 Å². The third-order valence-corrected chi connectivity index (χ3v) is 6.27. The van der Waals surface area contributed by atoms with E-state index in [1.165, 1.54) is 17.8 Å². The van der Waals surface area contributed by atoms with Crippen molar-refractivity contribution in [2.45, 2.75) is 32.1 Å². The van der Waals surface area contributed by atoms with E-state index < -0.39 is 0 Å². The number of carbonyl (C=O) groups excluding carboxylic acids is 1. The largest absolute Gasteiger partial charge is 0.342 e. The van der Waals surface area contributed by atoms with E-state index in [1.54, 1.807) is 0 Å². The van der Waals surface area contributed by atoms with E-state index in [4.69, 9.17) is 11.6 Å². The Hall–Kier alpha value is -0.290. The van der Waals surface area contributed by atoms with Crippen LogP contribution >= 0.6 is 35.3 Å². The molecule has 21 heavy (non-hydrogen) atoms. The standard InChI is InChI=1S/C15H21ClN2OS.ClH/c1-11(12-2-3-13(16)20-12)14(19)18-8-5-15(6-9-18)4-7-17-10-15;/h2-3,11,17H,4-10H2,1H3;1H. The van der Waals surface area contributed by atoms with Crippen LogP contribution in [0.5, 0.6) is 0 Å². The molecule has 3 heterocycles. The van der Waals surface area contributed by atoms with Crippen LogP contribution in [0.2, 0.25) is 4.34 Å². The lowest BCUT2D eigenvalue weighted by molar-refractivity contribution is -0.134. The molecular weight excluding hydrogens is 327 g/mol. The number of piperidine rings is 1. The lowest BCUT2D eigenvalue weighted by Crippen LogP contribution is -2.45. The summed E-state index contributed by atoms with van der Waals surface area (Å²) in [4.78, 5) is 15.7. The summed E-state index contributed by atoms with van der Waals surface area (Å²) < 4.78 is 0.759. The second-order valence-corrected chi connectivity index (χ2v) is 7.86. The summed E-state index contributed by atoms with van der Waals surface area (Å²) in [5, 5.41) is 3.46. The third-order valence-electron chi connectivity index (χ3n) is 4.86. The zero-order valence-corrected chi connectivity index (χ0v) is 14.6. The van der Waals surface area contributed by atoms with Crippen molar-refractivity contribution < 1.29 is 4.79 Å². The van der Waals surface area contributed by atoms with Crippen LogP contribution in [0.3, 0.4) is 0 Å². The molecular formula is C15H22Cl2N2OS. The quantitative estimate of drug-likeness (QED) is 0.886. The van der Waals surface area contributed by atoms with Gasteiger partial charge in [-0.1, -0.05) is 11.6 Å². The van der Waals surface area contributed by atoms with E-state index in [2.05, 4.69) is 5.32 Å². The van der Waals surface area contributed by atoms with Gasteiger partial charge in [0.25, 0.3) is 0 Å². The molecule has 1 aromatic rings. The minimum atomic E-state index is -0.0664. The van der Waals surface area contributed by atoms with E-state index in [1.807, 2.05) is 24.0 Å². The summed E-state index contributed by atoms with van der Waals surface area (Å²) in [6.45, 7) is 6.07. The number of halogens is 2. The van der Waals surface area contributed by atoms with Crippen LogP contribution in [0, 0.1) is 5.41 Å². The first-order valence-electron chi connectivity index (χ1n) is 7.34. The highest BCUT2D eigenvalue weighted by Crippen LogP contribution is 2.38. The lowest BCUT2D eigenvalue weighted by atomic mass is 9.77. The molecule has 2 aliphatic heterocycles. The molecule has 0 bridgehead atoms. The number of thiophene rings is 1. The summed E-state index contributed by atoms with van der Waals surface area (Å²) in [5.74, 6) is 0.188. The monoisotopic (exact) mass is 348 g/mol. The van der Waals surface area contributed by atoms with E-state index in [0.29, 0.717) is 5.41 Å². The lowest BCUT2D eigenvalue weighted by Gasteiger charge is -2.39. The Bertz CT molecular complexity index is 490. The van der Waals surface area contributed by atoms with Crippen molar-refractivity contribution in [2.24, 2.45) is 5.41 Å². The first kappa shape index (κ1) is 17.1. The molecule has 6 heteroatoms. The Morgan fingerprint density at radius 3 is 2.62 bits per heavy atom. The Balaban J connectivity index is 0.00000161. The number of rotatable bonds is 2. The fraction of sp³-hybridized carbons (Fsp3) is 0.667. The van der Waals surface area contributed by atoms with Crippen LogP contribution in [-0.4, -0.2) is 37.0 Å². The summed E-state index contributed by atoms with van der Waals surface area (Å²) in [6.07, 6.45) is 3.55. The van der Waals surface area contributed by atoms with Crippen LogP contribution < -0.4 is 5.32 Å². The van der Waals surface area contributed by atoms with Crippen LogP contribution in [0.25, 0.3) is 0 Å². The van der Waals surface area contributed by atoms with Crippen molar-refractivity contribution >= 4 is 41.3 Å². The maximum Gasteiger partial charge on any atom is 0.230 e. The molecule has 3 nitrogen and oxygen atoms in total. The van der Waals surface area contributed by atoms with Crippen LogP contribution in [0.4, 0.5) is 0 Å². The molecule has 2 fully saturated rings. The maximum absolute atomic E-state index is 12.6. The highest BCUT2D eigenvalue weighted by Gasteiger charge is 2.38. The Morgan fingerprint density at radius 2 is 2.10 bits per heavy atom. The number of nitrogens with zero attached hydrogens (tertiary/aromatic N) is 1. The Labute approximate surface area is 141 Å². The molecule has 1 amide bonds. The molecule has 1 atom stereocenters. The number of nitrogens with one attached hydrogen (secondary N) is 1. The molecule has 0 saturated carbocycles. The van der Waals surface area contributed by atoms with Crippen molar-refractivity contribution in [1.82, 2.24) is 10.2 Å². The number of hydrogen-bond donors (Lipinski definition) is 1. The van der Waals surface area contributed by atoms with Gasteiger partial charge in [-0.3, -0.25) is 4.79 Å². The normalized spacial score (nSPS) is 22.1. The summed E-state index contributed by atoms with van der Waals surface area (Å²) >= 11 is 7.48. The van der Waals surface area contributed by atoms with Crippen molar-refractivity contribution in [3.63, 3.8) is 0 Å². The topological polar surface area (TPSA) is 32.3 Å². The minimum Gasteiger partial charge on any atom is -0.342 e. The Kier molecular flexibility index (Phi) is 5.58. The number of carbonyl (C=O) groups is 1. The minimum absolute atomic E-state index is 0. The van der Waals surface area contributed by atoms with E-state index in [9.17, 15) is 4.79 Å². The second-order valence-electron chi connectivity index (χ2n) is 6.12. The van der Waals surface area contributed by atoms with Crippen LogP contribution in [0.15, 0.2) is 12.1 Å². The highest BCUT2D eigenvalue weighted by molar-refractivity contribution is 7.16. The average molecular weight is 349 g/mol. The Morgan fingerprint density at radius 1 is 1.38 bits per heavy atom. The smallest absolute Gasteiger partial charge is 0.230 e. The molecule has 0 radical (unpaired) electrons. The third kappa shape index (κ3) is 3.55. The fourth-order valence-electron chi connectivity index (χ4n) is 3.38. The van der Waals surface area contributed by atoms with Gasteiger partial charge < -0.3 is 10.2 Å². The zero-order valence-electron chi connectivity index (χ0n) is 12.2. The summed E-state index contributed by atoms with van der Waals surface area (Å²) in [7, 11) is 0. The zero-order chi connectivity index (χ0) is 14.2. The van der Waals surface area contributed by atoms with Crippen molar-refractivity contribution in [1.29, 1.82) is 0 Å². The molecule has 1 spiro atoms. The average Bonchev–Trinajstić information content (AvgIpc) is 3.08. The molecule has 2 aliphatic rings. The highest BCUT2D eigenvalue weighted by atomic mass is 35.5. The first-order chi connectivity index (χ1) is 9.60. The molecule has 118 valence electrons. The predicted molar refractivity (Wildman–Crippen MR) is 90.7 cm³/mol. The van der Waals surface area contributed by atoms with Crippen molar-refractivity contribution in [3.8, 4) is 0 Å². The molecule has 1 N–H and O–H groups in total. The molecule has 1 unspecified atom stereocenters. The van der Waals surface area contributed by atoms with E-state index in [-0.39, 0.29) is 24.2 Å². The number of hydrogen-bond acceptors (Lipinski definition) is 3. The van der Waals surface area contributed by atoms with Gasteiger partial charge in [0.15, 0.2) is 0 Å². The van der Waals surface area contributed by atoms with Crippen LogP contribution in [-0.2, 0) is 4.79 Å². The van der Waals surface area contributed by atoms with E-state index in [0.717, 1.165) is 48.2 Å². The second kappa shape index (κ2) is 6.86. The number of likely N-dealkylation sites (tertiary alicyclic amines) is 1. The molecule has 1 aromatic heterocycles. The fourth-order valence-corrected chi connectivity index (χ4v) is 4.49. The van der Waals surface area contributed by atoms with Gasteiger partial charge in [0.1, 0.15) is 0 Å². The van der Waals surface area contributed by atoms with E-state index >= 15 is 0 Å². The maximum atomic E-state index is 12.6.